The van der Waals surface area contributed by atoms with E-state index in [1.54, 1.807) is 6.08 Å². The fourth-order valence-electron chi connectivity index (χ4n) is 2.45. The monoisotopic (exact) mass is 381 g/mol. The Balaban J connectivity index is 2.25. The lowest BCUT2D eigenvalue weighted by atomic mass is 9.87. The van der Waals surface area contributed by atoms with Gasteiger partial charge in [-0.3, -0.25) is 14.9 Å². The maximum absolute atomic E-state index is 12.3. The molecule has 1 aromatic carbocycles. The number of nitro benzene ring substituents is 1. The van der Waals surface area contributed by atoms with E-state index in [0.717, 1.165) is 17.1 Å². The van der Waals surface area contributed by atoms with Crippen molar-refractivity contribution in [2.75, 3.05) is 0 Å². The smallest absolute Gasteiger partial charge is 0.269 e. The molecule has 0 atom stereocenters. The van der Waals surface area contributed by atoms with Crippen LogP contribution >= 0.6 is 0 Å². The maximum Gasteiger partial charge on any atom is 0.269 e. The summed E-state index contributed by atoms with van der Waals surface area (Å²) < 4.78 is 6.11. The van der Waals surface area contributed by atoms with Crippen LogP contribution < -0.4 is 0 Å². The predicted octanol–water partition coefficient (Wildman–Crippen LogP) is 6.15. The number of rotatable bonds is 4. The molecule has 1 aliphatic rings. The third-order valence-electron chi connectivity index (χ3n) is 4.19. The molecule has 148 valence electrons. The lowest BCUT2D eigenvalue weighted by Gasteiger charge is -2.32. The second kappa shape index (κ2) is 7.97. The van der Waals surface area contributed by atoms with Crippen molar-refractivity contribution in [1.29, 1.82) is 0 Å². The Morgan fingerprint density at radius 1 is 0.964 bits per heavy atom. The summed E-state index contributed by atoms with van der Waals surface area (Å²) in [6, 6.07) is 5.58. The lowest BCUT2D eigenvalue weighted by molar-refractivity contribution is -0.384. The van der Waals surface area contributed by atoms with Crippen molar-refractivity contribution in [3.63, 3.8) is 0 Å². The fraction of sp³-hybridized carbons (Fsp3) is 0.348. The van der Waals surface area contributed by atoms with E-state index in [4.69, 9.17) is 4.74 Å². The van der Waals surface area contributed by atoms with Crippen LogP contribution in [0.1, 0.15) is 51.9 Å². The molecular weight excluding hydrogens is 354 g/mol. The van der Waals surface area contributed by atoms with Crippen molar-refractivity contribution in [3.8, 4) is 0 Å². The van der Waals surface area contributed by atoms with Crippen molar-refractivity contribution in [2.24, 2.45) is 10.8 Å². The Kier molecular flexibility index (Phi) is 6.07. The van der Waals surface area contributed by atoms with Crippen LogP contribution in [-0.4, -0.2) is 10.7 Å². The van der Waals surface area contributed by atoms with Crippen molar-refractivity contribution in [1.82, 2.24) is 0 Å². The molecule has 0 saturated heterocycles. The Labute approximate surface area is 166 Å². The summed E-state index contributed by atoms with van der Waals surface area (Å²) in [6.45, 7) is 12.6. The van der Waals surface area contributed by atoms with Crippen LogP contribution in [0.3, 0.4) is 0 Å². The zero-order valence-electron chi connectivity index (χ0n) is 17.3. The van der Waals surface area contributed by atoms with Crippen LogP contribution in [0.2, 0.25) is 0 Å². The number of allylic oxidation sites excluding steroid dienone is 8. The van der Waals surface area contributed by atoms with Gasteiger partial charge in [0.05, 0.1) is 4.92 Å². The molecule has 1 heterocycles. The Morgan fingerprint density at radius 3 is 1.89 bits per heavy atom. The van der Waals surface area contributed by atoms with E-state index in [2.05, 4.69) is 41.5 Å². The minimum absolute atomic E-state index is 0.0375. The summed E-state index contributed by atoms with van der Waals surface area (Å²) in [6.07, 6.45) is 8.98. The molecule has 2 rings (SSSR count). The van der Waals surface area contributed by atoms with Crippen molar-refractivity contribution in [2.45, 2.75) is 41.5 Å². The van der Waals surface area contributed by atoms with E-state index in [1.807, 2.05) is 18.2 Å². The quantitative estimate of drug-likeness (QED) is 0.271. The van der Waals surface area contributed by atoms with Crippen LogP contribution in [0.4, 0.5) is 5.69 Å². The van der Waals surface area contributed by atoms with Crippen LogP contribution in [0.25, 0.3) is 0 Å². The van der Waals surface area contributed by atoms with Gasteiger partial charge in [-0.05, 0) is 35.9 Å². The van der Waals surface area contributed by atoms with Gasteiger partial charge >= 0.3 is 0 Å². The number of hydrogen-bond acceptors (Lipinski definition) is 4. The van der Waals surface area contributed by atoms with Crippen molar-refractivity contribution >= 4 is 11.5 Å². The number of hydrogen-bond donors (Lipinski definition) is 0. The second-order valence-electron chi connectivity index (χ2n) is 8.81. The number of non-ortho nitro benzene ring substituents is 1. The van der Waals surface area contributed by atoms with E-state index in [9.17, 15) is 14.9 Å². The zero-order chi connectivity index (χ0) is 21.1. The fourth-order valence-corrected chi connectivity index (χ4v) is 2.45. The SMILES string of the molecule is CC(C)(C)C1=CC(=C/C=C/C(=O)c2ccc([N+](=O)[O-])cc2)C=C(C(C)(C)C)O1. The molecule has 28 heavy (non-hydrogen) atoms. The average molecular weight is 381 g/mol. The minimum Gasteiger partial charge on any atom is -0.465 e. The normalized spacial score (nSPS) is 15.0. The van der Waals surface area contributed by atoms with Gasteiger partial charge < -0.3 is 4.74 Å². The van der Waals surface area contributed by atoms with Gasteiger partial charge in [0.2, 0.25) is 0 Å². The van der Waals surface area contributed by atoms with Crippen LogP contribution in [0, 0.1) is 20.9 Å². The number of carbonyl (C=O) groups excluding carboxylic acids is 1. The largest absolute Gasteiger partial charge is 0.465 e. The van der Waals surface area contributed by atoms with Crippen molar-refractivity contribution in [3.05, 3.63) is 87.4 Å². The number of nitro groups is 1. The van der Waals surface area contributed by atoms with E-state index in [0.29, 0.717) is 5.56 Å². The predicted molar refractivity (Wildman–Crippen MR) is 111 cm³/mol. The number of ketones is 1. The summed E-state index contributed by atoms with van der Waals surface area (Å²) in [5.74, 6) is 1.54. The van der Waals surface area contributed by atoms with Crippen LogP contribution in [0.5, 0.6) is 0 Å². The molecule has 0 spiro atoms. The second-order valence-corrected chi connectivity index (χ2v) is 8.81. The van der Waals surface area contributed by atoms with E-state index < -0.39 is 4.92 Å². The molecular formula is C23H27NO4. The first-order valence-electron chi connectivity index (χ1n) is 9.17. The van der Waals surface area contributed by atoms with Gasteiger partial charge in [-0.25, -0.2) is 0 Å². The van der Waals surface area contributed by atoms with Crippen LogP contribution in [0.15, 0.2) is 71.7 Å². The molecule has 0 radical (unpaired) electrons. The van der Waals surface area contributed by atoms with E-state index in [-0.39, 0.29) is 22.3 Å². The molecule has 0 aliphatic carbocycles. The Bertz CT molecular complexity index is 854. The zero-order valence-corrected chi connectivity index (χ0v) is 17.3. The maximum atomic E-state index is 12.3. The molecule has 0 saturated carbocycles. The minimum atomic E-state index is -0.488. The van der Waals surface area contributed by atoms with Gasteiger partial charge in [0.1, 0.15) is 11.5 Å². The molecule has 0 unspecified atom stereocenters. The first-order chi connectivity index (χ1) is 12.9. The Hall–Kier alpha value is -2.95. The van der Waals surface area contributed by atoms with Gasteiger partial charge in [-0.15, -0.1) is 0 Å². The highest BCUT2D eigenvalue weighted by molar-refractivity contribution is 6.04. The van der Waals surface area contributed by atoms with E-state index >= 15 is 0 Å². The van der Waals surface area contributed by atoms with Crippen LogP contribution in [-0.2, 0) is 4.74 Å². The lowest BCUT2D eigenvalue weighted by Crippen LogP contribution is -2.21. The summed E-state index contributed by atoms with van der Waals surface area (Å²) in [5, 5.41) is 10.7. The highest BCUT2D eigenvalue weighted by atomic mass is 16.6. The Morgan fingerprint density at radius 2 is 1.46 bits per heavy atom. The van der Waals surface area contributed by atoms with Crippen molar-refractivity contribution < 1.29 is 14.5 Å². The highest BCUT2D eigenvalue weighted by Crippen LogP contribution is 2.38. The first kappa shape index (κ1) is 21.4. The van der Waals surface area contributed by atoms with E-state index in [1.165, 1.54) is 30.3 Å². The summed E-state index contributed by atoms with van der Waals surface area (Å²) in [4.78, 5) is 22.5. The molecule has 1 aliphatic heterocycles. The van der Waals surface area contributed by atoms with Gasteiger partial charge in [0.15, 0.2) is 5.78 Å². The first-order valence-corrected chi connectivity index (χ1v) is 9.17. The molecule has 0 fully saturated rings. The highest BCUT2D eigenvalue weighted by Gasteiger charge is 2.28. The standard InChI is InChI=1S/C23H27NO4/c1-22(2,3)20-14-16(15-21(28-20)23(4,5)6)8-7-9-19(25)17-10-12-18(13-11-17)24(26)27/h7-15H,1-6H3/b9-7+. The average Bonchev–Trinajstić information content (AvgIpc) is 2.60. The summed E-state index contributed by atoms with van der Waals surface area (Å²) >= 11 is 0. The third kappa shape index (κ3) is 5.52. The third-order valence-corrected chi connectivity index (χ3v) is 4.19. The molecule has 0 amide bonds. The number of carbonyl (C=O) groups is 1. The molecule has 0 bridgehead atoms. The van der Waals surface area contributed by atoms with Gasteiger partial charge in [0, 0.05) is 28.5 Å². The molecule has 0 aromatic heterocycles. The van der Waals surface area contributed by atoms with Gasteiger partial charge in [0.25, 0.3) is 5.69 Å². The number of ether oxygens (including phenoxy) is 1. The van der Waals surface area contributed by atoms with Gasteiger partial charge in [-0.2, -0.15) is 0 Å². The summed E-state index contributed by atoms with van der Waals surface area (Å²) in [7, 11) is 0. The topological polar surface area (TPSA) is 69.4 Å². The molecule has 1 aromatic rings. The molecule has 5 nitrogen and oxygen atoms in total. The number of benzene rings is 1. The van der Waals surface area contributed by atoms with Gasteiger partial charge in [-0.1, -0.05) is 53.7 Å². The molecule has 5 heteroatoms. The number of nitrogens with zero attached hydrogens (tertiary/aromatic N) is 1. The summed E-state index contributed by atoms with van der Waals surface area (Å²) in [5.41, 5.74) is 1.05. The molecule has 0 N–H and O–H groups in total.